The predicted molar refractivity (Wildman–Crippen MR) is 72.3 cm³/mol. The third kappa shape index (κ3) is 3.04. The molecule has 0 aliphatic heterocycles. The molecule has 6 heteroatoms. The second-order valence-electron chi connectivity index (χ2n) is 5.71. The summed E-state index contributed by atoms with van der Waals surface area (Å²) in [6, 6.07) is 0.151. The standard InChI is InChI=1S/C12H25N3O2S/c1-15(18(16,17)14-11-6-7-11)12(10-13)8-4-2-3-5-9-12/h11,14H,2-10,13H2,1H3. The molecule has 2 fully saturated rings. The van der Waals surface area contributed by atoms with Gasteiger partial charge < -0.3 is 5.73 Å². The summed E-state index contributed by atoms with van der Waals surface area (Å²) in [6.07, 6.45) is 8.20. The molecule has 5 nitrogen and oxygen atoms in total. The molecule has 0 heterocycles. The van der Waals surface area contributed by atoms with Gasteiger partial charge in [-0.25, -0.2) is 0 Å². The first-order chi connectivity index (χ1) is 8.50. The molecule has 2 aliphatic carbocycles. The summed E-state index contributed by atoms with van der Waals surface area (Å²) in [5.41, 5.74) is 5.54. The van der Waals surface area contributed by atoms with Gasteiger partial charge in [0.2, 0.25) is 0 Å². The lowest BCUT2D eigenvalue weighted by Crippen LogP contribution is -2.57. The molecular weight excluding hydrogens is 250 g/mol. The summed E-state index contributed by atoms with van der Waals surface area (Å²) in [7, 11) is -1.70. The van der Waals surface area contributed by atoms with Crippen LogP contribution in [0.25, 0.3) is 0 Å². The van der Waals surface area contributed by atoms with Crippen LogP contribution in [0, 0.1) is 0 Å². The van der Waals surface area contributed by atoms with Crippen molar-refractivity contribution in [3.63, 3.8) is 0 Å². The maximum Gasteiger partial charge on any atom is 0.279 e. The number of nitrogens with one attached hydrogen (secondary N) is 1. The fourth-order valence-electron chi connectivity index (χ4n) is 2.78. The molecule has 0 bridgehead atoms. The largest absolute Gasteiger partial charge is 0.329 e. The second-order valence-corrected chi connectivity index (χ2v) is 7.44. The molecule has 0 saturated heterocycles. The highest BCUT2D eigenvalue weighted by Crippen LogP contribution is 2.33. The topological polar surface area (TPSA) is 75.4 Å². The van der Waals surface area contributed by atoms with E-state index in [1.165, 1.54) is 17.1 Å². The molecule has 0 radical (unpaired) electrons. The molecule has 18 heavy (non-hydrogen) atoms. The van der Waals surface area contributed by atoms with Crippen molar-refractivity contribution < 1.29 is 8.42 Å². The van der Waals surface area contributed by atoms with E-state index in [-0.39, 0.29) is 11.6 Å². The highest BCUT2D eigenvalue weighted by atomic mass is 32.2. The fraction of sp³-hybridized carbons (Fsp3) is 1.00. The van der Waals surface area contributed by atoms with Crippen LogP contribution in [0.4, 0.5) is 0 Å². The van der Waals surface area contributed by atoms with Crippen molar-refractivity contribution in [2.24, 2.45) is 5.73 Å². The Bertz CT molecular complexity index is 371. The van der Waals surface area contributed by atoms with Crippen molar-refractivity contribution in [3.05, 3.63) is 0 Å². The molecule has 0 spiro atoms. The van der Waals surface area contributed by atoms with Crippen LogP contribution in [0.15, 0.2) is 0 Å². The molecule has 2 aliphatic rings. The second kappa shape index (κ2) is 5.45. The maximum atomic E-state index is 12.3. The molecule has 0 aromatic rings. The lowest BCUT2D eigenvalue weighted by Gasteiger charge is -2.39. The van der Waals surface area contributed by atoms with Crippen LogP contribution >= 0.6 is 0 Å². The van der Waals surface area contributed by atoms with E-state index in [0.29, 0.717) is 6.54 Å². The summed E-state index contributed by atoms with van der Waals surface area (Å²) in [5.74, 6) is 0. The quantitative estimate of drug-likeness (QED) is 0.734. The number of hydrogen-bond donors (Lipinski definition) is 2. The van der Waals surface area contributed by atoms with E-state index in [4.69, 9.17) is 5.73 Å². The summed E-state index contributed by atoms with van der Waals surface area (Å²) in [6.45, 7) is 0.412. The van der Waals surface area contributed by atoms with E-state index in [1.807, 2.05) is 0 Å². The van der Waals surface area contributed by atoms with Crippen LogP contribution in [0.1, 0.15) is 51.4 Å². The van der Waals surface area contributed by atoms with Crippen LogP contribution in [0.3, 0.4) is 0 Å². The lowest BCUT2D eigenvalue weighted by molar-refractivity contribution is 0.194. The molecule has 0 amide bonds. The van der Waals surface area contributed by atoms with Gasteiger partial charge in [0.1, 0.15) is 0 Å². The van der Waals surface area contributed by atoms with Crippen molar-refractivity contribution in [2.45, 2.75) is 62.9 Å². The number of nitrogens with two attached hydrogens (primary N) is 1. The SMILES string of the molecule is CN(C1(CN)CCCCCC1)S(=O)(=O)NC1CC1. The van der Waals surface area contributed by atoms with E-state index in [2.05, 4.69) is 4.72 Å². The Balaban J connectivity index is 2.13. The van der Waals surface area contributed by atoms with E-state index < -0.39 is 10.2 Å². The van der Waals surface area contributed by atoms with Gasteiger partial charge in [0.25, 0.3) is 10.2 Å². The number of likely N-dealkylation sites (N-methyl/N-ethyl adjacent to an activating group) is 1. The van der Waals surface area contributed by atoms with E-state index in [1.54, 1.807) is 7.05 Å². The van der Waals surface area contributed by atoms with Crippen LogP contribution in [-0.2, 0) is 10.2 Å². The lowest BCUT2D eigenvalue weighted by atomic mass is 9.90. The summed E-state index contributed by atoms with van der Waals surface area (Å²) < 4.78 is 28.9. The van der Waals surface area contributed by atoms with Gasteiger partial charge in [-0.2, -0.15) is 17.4 Å². The minimum atomic E-state index is -3.38. The van der Waals surface area contributed by atoms with Crippen molar-refractivity contribution in [1.29, 1.82) is 0 Å². The first-order valence-corrected chi connectivity index (χ1v) is 8.40. The molecule has 0 aromatic carbocycles. The Hall–Kier alpha value is -0.170. The Morgan fingerprint density at radius 3 is 2.22 bits per heavy atom. The molecule has 2 saturated carbocycles. The minimum Gasteiger partial charge on any atom is -0.329 e. The van der Waals surface area contributed by atoms with E-state index in [9.17, 15) is 8.42 Å². The molecule has 0 unspecified atom stereocenters. The fourth-order valence-corrected chi connectivity index (χ4v) is 4.36. The van der Waals surface area contributed by atoms with Gasteiger partial charge >= 0.3 is 0 Å². The number of nitrogens with zero attached hydrogens (tertiary/aromatic N) is 1. The van der Waals surface area contributed by atoms with E-state index in [0.717, 1.165) is 38.5 Å². The average Bonchev–Trinajstić information content (AvgIpc) is 3.14. The zero-order valence-corrected chi connectivity index (χ0v) is 12.0. The van der Waals surface area contributed by atoms with Gasteiger partial charge in [-0.3, -0.25) is 0 Å². The van der Waals surface area contributed by atoms with Crippen LogP contribution in [0.5, 0.6) is 0 Å². The normalized spacial score (nSPS) is 25.1. The monoisotopic (exact) mass is 275 g/mol. The zero-order chi connectivity index (χ0) is 13.2. The molecule has 3 N–H and O–H groups in total. The summed E-state index contributed by atoms with van der Waals surface area (Å²) in [4.78, 5) is 0. The van der Waals surface area contributed by atoms with E-state index >= 15 is 0 Å². The van der Waals surface area contributed by atoms with Gasteiger partial charge in [0, 0.05) is 25.2 Å². The highest BCUT2D eigenvalue weighted by molar-refractivity contribution is 7.87. The Morgan fingerprint density at radius 1 is 1.22 bits per heavy atom. The number of rotatable bonds is 5. The zero-order valence-electron chi connectivity index (χ0n) is 11.2. The third-order valence-electron chi connectivity index (χ3n) is 4.34. The molecule has 106 valence electrons. The van der Waals surface area contributed by atoms with Crippen molar-refractivity contribution in [3.8, 4) is 0 Å². The van der Waals surface area contributed by atoms with Crippen LogP contribution in [0.2, 0.25) is 0 Å². The summed E-state index contributed by atoms with van der Waals surface area (Å²) >= 11 is 0. The Kier molecular flexibility index (Phi) is 4.31. The third-order valence-corrected chi connectivity index (χ3v) is 6.08. The van der Waals surface area contributed by atoms with Crippen molar-refractivity contribution in [2.75, 3.05) is 13.6 Å². The van der Waals surface area contributed by atoms with Gasteiger partial charge in [-0.05, 0) is 25.7 Å². The molecule has 0 aromatic heterocycles. The van der Waals surface area contributed by atoms with Gasteiger partial charge in [-0.1, -0.05) is 25.7 Å². The average molecular weight is 275 g/mol. The molecule has 0 atom stereocenters. The summed E-state index contributed by atoms with van der Waals surface area (Å²) in [5, 5.41) is 0. The van der Waals surface area contributed by atoms with Crippen LogP contribution in [-0.4, -0.2) is 37.9 Å². The van der Waals surface area contributed by atoms with Gasteiger partial charge in [0.05, 0.1) is 0 Å². The Morgan fingerprint density at radius 2 is 1.78 bits per heavy atom. The first kappa shape index (κ1) is 14.2. The predicted octanol–water partition coefficient (Wildman–Crippen LogP) is 0.967. The molecular formula is C12H25N3O2S. The minimum absolute atomic E-state index is 0.151. The highest BCUT2D eigenvalue weighted by Gasteiger charge is 2.41. The Labute approximate surface area is 110 Å². The maximum absolute atomic E-state index is 12.3. The van der Waals surface area contributed by atoms with Gasteiger partial charge in [0.15, 0.2) is 0 Å². The van der Waals surface area contributed by atoms with Gasteiger partial charge in [-0.15, -0.1) is 0 Å². The smallest absolute Gasteiger partial charge is 0.279 e. The molecule has 2 rings (SSSR count). The number of hydrogen-bond acceptors (Lipinski definition) is 3. The van der Waals surface area contributed by atoms with Crippen molar-refractivity contribution >= 4 is 10.2 Å². The van der Waals surface area contributed by atoms with Crippen LogP contribution < -0.4 is 10.5 Å². The first-order valence-electron chi connectivity index (χ1n) is 6.96. The van der Waals surface area contributed by atoms with Crippen molar-refractivity contribution in [1.82, 2.24) is 9.03 Å².